The Labute approximate surface area is 125 Å². The SMILES string of the molecule is CCN1CCCN(Cc2ccc(OC)cc2)C1C(=O)NO. The Bertz CT molecular complexity index is 464. The van der Waals surface area contributed by atoms with Gasteiger partial charge in [0.1, 0.15) is 11.9 Å². The lowest BCUT2D eigenvalue weighted by Gasteiger charge is -2.42. The molecule has 1 atom stereocenters. The molecule has 1 aromatic carbocycles. The molecule has 116 valence electrons. The van der Waals surface area contributed by atoms with Crippen LogP contribution in [0.3, 0.4) is 0 Å². The van der Waals surface area contributed by atoms with Crippen molar-refractivity contribution >= 4 is 5.91 Å². The van der Waals surface area contributed by atoms with Crippen molar-refractivity contribution in [3.8, 4) is 5.75 Å². The van der Waals surface area contributed by atoms with E-state index < -0.39 is 6.17 Å². The van der Waals surface area contributed by atoms with Crippen LogP contribution in [0.2, 0.25) is 0 Å². The van der Waals surface area contributed by atoms with Crippen LogP contribution >= 0.6 is 0 Å². The lowest BCUT2D eigenvalue weighted by atomic mass is 10.1. The quantitative estimate of drug-likeness (QED) is 0.627. The molecule has 1 saturated heterocycles. The van der Waals surface area contributed by atoms with E-state index >= 15 is 0 Å². The summed E-state index contributed by atoms with van der Waals surface area (Å²) < 4.78 is 5.15. The number of carbonyl (C=O) groups excluding carboxylic acids is 1. The highest BCUT2D eigenvalue weighted by Gasteiger charge is 2.33. The van der Waals surface area contributed by atoms with Gasteiger partial charge in [-0.15, -0.1) is 0 Å². The molecular weight excluding hydrogens is 270 g/mol. The van der Waals surface area contributed by atoms with Crippen molar-refractivity contribution in [3.63, 3.8) is 0 Å². The van der Waals surface area contributed by atoms with Crippen LogP contribution in [-0.2, 0) is 11.3 Å². The zero-order valence-corrected chi connectivity index (χ0v) is 12.6. The van der Waals surface area contributed by atoms with Gasteiger partial charge in [-0.05, 0) is 30.7 Å². The highest BCUT2D eigenvalue weighted by molar-refractivity contribution is 5.80. The number of hydroxylamine groups is 1. The Hall–Kier alpha value is -1.63. The molecule has 0 bridgehead atoms. The minimum Gasteiger partial charge on any atom is -0.497 e. The molecule has 6 heteroatoms. The summed E-state index contributed by atoms with van der Waals surface area (Å²) in [5.41, 5.74) is 2.91. The summed E-state index contributed by atoms with van der Waals surface area (Å²) in [7, 11) is 1.64. The number of hydrogen-bond acceptors (Lipinski definition) is 5. The van der Waals surface area contributed by atoms with Crippen molar-refractivity contribution in [1.29, 1.82) is 0 Å². The summed E-state index contributed by atoms with van der Waals surface area (Å²) in [6.45, 7) is 5.17. The van der Waals surface area contributed by atoms with Crippen LogP contribution in [0.4, 0.5) is 0 Å². The fourth-order valence-electron chi connectivity index (χ4n) is 2.80. The molecule has 1 amide bonds. The third kappa shape index (κ3) is 3.72. The van der Waals surface area contributed by atoms with Gasteiger partial charge in [-0.3, -0.25) is 19.8 Å². The standard InChI is InChI=1S/C15H23N3O3/c1-3-17-9-4-10-18(15(17)14(19)16-20)11-12-5-7-13(21-2)8-6-12/h5-8,15,20H,3-4,9-11H2,1-2H3,(H,16,19). The molecule has 1 unspecified atom stereocenters. The van der Waals surface area contributed by atoms with Gasteiger partial charge in [0.15, 0.2) is 0 Å². The second-order valence-electron chi connectivity index (χ2n) is 5.15. The van der Waals surface area contributed by atoms with E-state index in [1.165, 1.54) is 0 Å². The van der Waals surface area contributed by atoms with E-state index in [1.54, 1.807) is 12.6 Å². The molecule has 1 fully saturated rings. The number of nitrogens with zero attached hydrogens (tertiary/aromatic N) is 2. The van der Waals surface area contributed by atoms with Crippen molar-refractivity contribution in [2.24, 2.45) is 0 Å². The lowest BCUT2D eigenvalue weighted by molar-refractivity contribution is -0.145. The van der Waals surface area contributed by atoms with Gasteiger partial charge in [0.25, 0.3) is 5.91 Å². The minimum absolute atomic E-state index is 0.370. The Kier molecular flexibility index (Phi) is 5.55. The average Bonchev–Trinajstić information content (AvgIpc) is 2.54. The molecule has 1 heterocycles. The molecule has 0 aromatic heterocycles. The van der Waals surface area contributed by atoms with Crippen LogP contribution in [0.5, 0.6) is 5.75 Å². The smallest absolute Gasteiger partial charge is 0.275 e. The maximum Gasteiger partial charge on any atom is 0.275 e. The molecule has 0 spiro atoms. The van der Waals surface area contributed by atoms with Crippen molar-refractivity contribution < 1.29 is 14.7 Å². The lowest BCUT2D eigenvalue weighted by Crippen LogP contribution is -2.59. The third-order valence-electron chi connectivity index (χ3n) is 3.88. The number of methoxy groups -OCH3 is 1. The fourth-order valence-corrected chi connectivity index (χ4v) is 2.80. The fraction of sp³-hybridized carbons (Fsp3) is 0.533. The second kappa shape index (κ2) is 7.40. The van der Waals surface area contributed by atoms with Gasteiger partial charge >= 0.3 is 0 Å². The van der Waals surface area contributed by atoms with Crippen LogP contribution in [0, 0.1) is 0 Å². The molecule has 1 aromatic rings. The number of benzene rings is 1. The molecule has 1 aliphatic rings. The van der Waals surface area contributed by atoms with Crippen molar-refractivity contribution in [2.45, 2.75) is 26.1 Å². The molecule has 0 aliphatic carbocycles. The van der Waals surface area contributed by atoms with Crippen LogP contribution < -0.4 is 10.2 Å². The number of rotatable bonds is 5. The summed E-state index contributed by atoms with van der Waals surface area (Å²) in [6.07, 6.45) is 0.593. The highest BCUT2D eigenvalue weighted by Crippen LogP contribution is 2.19. The van der Waals surface area contributed by atoms with Crippen molar-refractivity contribution in [3.05, 3.63) is 29.8 Å². The molecule has 2 N–H and O–H groups in total. The van der Waals surface area contributed by atoms with Gasteiger partial charge < -0.3 is 4.74 Å². The zero-order chi connectivity index (χ0) is 15.2. The predicted molar refractivity (Wildman–Crippen MR) is 79.0 cm³/mol. The summed E-state index contributed by atoms with van der Waals surface area (Å²) >= 11 is 0. The Morgan fingerprint density at radius 2 is 2.00 bits per heavy atom. The van der Waals surface area contributed by atoms with Gasteiger partial charge in [0, 0.05) is 19.6 Å². The van der Waals surface area contributed by atoms with E-state index in [1.807, 2.05) is 31.2 Å². The summed E-state index contributed by atoms with van der Waals surface area (Å²) in [6, 6.07) is 7.82. The first-order valence-electron chi connectivity index (χ1n) is 7.24. The van der Waals surface area contributed by atoms with E-state index in [0.29, 0.717) is 6.54 Å². The Balaban J connectivity index is 2.12. The minimum atomic E-state index is -0.421. The number of likely N-dealkylation sites (N-methyl/N-ethyl adjacent to an activating group) is 1. The van der Waals surface area contributed by atoms with E-state index in [9.17, 15) is 4.79 Å². The number of hydrogen-bond donors (Lipinski definition) is 2. The number of ether oxygens (including phenoxy) is 1. The molecule has 0 radical (unpaired) electrons. The first-order valence-corrected chi connectivity index (χ1v) is 7.24. The molecule has 0 saturated carbocycles. The molecule has 6 nitrogen and oxygen atoms in total. The van der Waals surface area contributed by atoms with E-state index in [-0.39, 0.29) is 5.91 Å². The van der Waals surface area contributed by atoms with Crippen molar-refractivity contribution in [1.82, 2.24) is 15.3 Å². The van der Waals surface area contributed by atoms with Crippen LogP contribution in [0.15, 0.2) is 24.3 Å². The van der Waals surface area contributed by atoms with E-state index in [2.05, 4.69) is 9.80 Å². The van der Waals surface area contributed by atoms with E-state index in [4.69, 9.17) is 9.94 Å². The van der Waals surface area contributed by atoms with Gasteiger partial charge in [-0.25, -0.2) is 5.48 Å². The Morgan fingerprint density at radius 3 is 2.57 bits per heavy atom. The first-order chi connectivity index (χ1) is 10.2. The number of nitrogens with one attached hydrogen (secondary N) is 1. The molecule has 1 aliphatic heterocycles. The average molecular weight is 293 g/mol. The Morgan fingerprint density at radius 1 is 1.33 bits per heavy atom. The van der Waals surface area contributed by atoms with Crippen molar-refractivity contribution in [2.75, 3.05) is 26.7 Å². The normalized spacial score (nSPS) is 20.2. The summed E-state index contributed by atoms with van der Waals surface area (Å²) in [5, 5.41) is 8.98. The topological polar surface area (TPSA) is 65.0 Å². The van der Waals surface area contributed by atoms with Crippen LogP contribution in [0.1, 0.15) is 18.9 Å². The summed E-state index contributed by atoms with van der Waals surface area (Å²) in [4.78, 5) is 16.1. The predicted octanol–water partition coefficient (Wildman–Crippen LogP) is 1.05. The van der Waals surface area contributed by atoms with Crippen LogP contribution in [-0.4, -0.2) is 53.8 Å². The molecule has 2 rings (SSSR count). The molecule has 21 heavy (non-hydrogen) atoms. The van der Waals surface area contributed by atoms with Crippen LogP contribution in [0.25, 0.3) is 0 Å². The third-order valence-corrected chi connectivity index (χ3v) is 3.88. The monoisotopic (exact) mass is 293 g/mol. The summed E-state index contributed by atoms with van der Waals surface area (Å²) in [5.74, 6) is 0.447. The highest BCUT2D eigenvalue weighted by atomic mass is 16.5. The van der Waals surface area contributed by atoms with Gasteiger partial charge in [-0.2, -0.15) is 0 Å². The zero-order valence-electron chi connectivity index (χ0n) is 12.6. The maximum absolute atomic E-state index is 12.0. The largest absolute Gasteiger partial charge is 0.497 e. The van der Waals surface area contributed by atoms with Gasteiger partial charge in [0.2, 0.25) is 0 Å². The maximum atomic E-state index is 12.0. The van der Waals surface area contributed by atoms with E-state index in [0.717, 1.165) is 37.4 Å². The van der Waals surface area contributed by atoms with Gasteiger partial charge in [-0.1, -0.05) is 19.1 Å². The first kappa shape index (κ1) is 15.8. The molecular formula is C15H23N3O3. The number of carbonyl (C=O) groups is 1. The second-order valence-corrected chi connectivity index (χ2v) is 5.15. The number of amides is 1. The van der Waals surface area contributed by atoms with Gasteiger partial charge in [0.05, 0.1) is 7.11 Å².